The molecule has 2 rings (SSSR count). The number of rotatable bonds is 7. The molecule has 0 heterocycles. The highest BCUT2D eigenvalue weighted by molar-refractivity contribution is 4.85. The normalized spacial score (nSPS) is 24.2. The zero-order chi connectivity index (χ0) is 9.97. The van der Waals surface area contributed by atoms with E-state index in [1.54, 1.807) is 0 Å². The van der Waals surface area contributed by atoms with E-state index in [0.29, 0.717) is 0 Å². The van der Waals surface area contributed by atoms with Crippen molar-refractivity contribution >= 4 is 0 Å². The Kier molecular flexibility index (Phi) is 3.45. The Bertz CT molecular complexity index is 173. The van der Waals surface area contributed by atoms with Crippen molar-refractivity contribution < 1.29 is 0 Å². The Morgan fingerprint density at radius 3 is 2.57 bits per heavy atom. The molecule has 0 saturated heterocycles. The Labute approximate surface area is 88.1 Å². The van der Waals surface area contributed by atoms with Crippen LogP contribution in [0.1, 0.15) is 45.4 Å². The van der Waals surface area contributed by atoms with E-state index < -0.39 is 0 Å². The fourth-order valence-corrected chi connectivity index (χ4v) is 2.04. The zero-order valence-electron chi connectivity index (χ0n) is 9.63. The quantitative estimate of drug-likeness (QED) is 0.627. The first-order valence-electron chi connectivity index (χ1n) is 6.22. The van der Waals surface area contributed by atoms with Gasteiger partial charge in [-0.2, -0.15) is 0 Å². The first-order chi connectivity index (χ1) is 6.77. The highest BCUT2D eigenvalue weighted by Gasteiger charge is 2.28. The SMILES string of the molecule is CC(CCCNC1CC1)N(C)C1CC1. The number of hydrogen-bond donors (Lipinski definition) is 1. The molecular formula is C12H24N2. The minimum absolute atomic E-state index is 0.781. The van der Waals surface area contributed by atoms with Gasteiger partial charge in [0.25, 0.3) is 0 Å². The van der Waals surface area contributed by atoms with Crippen LogP contribution in [0.5, 0.6) is 0 Å². The molecule has 0 aromatic rings. The van der Waals surface area contributed by atoms with Crippen molar-refractivity contribution in [3.8, 4) is 0 Å². The molecular weight excluding hydrogens is 172 g/mol. The van der Waals surface area contributed by atoms with Crippen LogP contribution < -0.4 is 5.32 Å². The molecule has 2 nitrogen and oxygen atoms in total. The fourth-order valence-electron chi connectivity index (χ4n) is 2.04. The molecule has 2 heteroatoms. The summed E-state index contributed by atoms with van der Waals surface area (Å²) in [5, 5.41) is 3.58. The smallest absolute Gasteiger partial charge is 0.00961 e. The Hall–Kier alpha value is -0.0800. The van der Waals surface area contributed by atoms with Crippen molar-refractivity contribution in [1.29, 1.82) is 0 Å². The number of nitrogens with one attached hydrogen (secondary N) is 1. The second-order valence-electron chi connectivity index (χ2n) is 5.12. The predicted octanol–water partition coefficient (Wildman–Crippen LogP) is 2.00. The van der Waals surface area contributed by atoms with Crippen LogP contribution >= 0.6 is 0 Å². The third kappa shape index (κ3) is 3.25. The number of hydrogen-bond acceptors (Lipinski definition) is 2. The molecule has 2 aliphatic carbocycles. The first-order valence-corrected chi connectivity index (χ1v) is 6.22. The highest BCUT2D eigenvalue weighted by Crippen LogP contribution is 2.27. The molecule has 0 radical (unpaired) electrons. The lowest BCUT2D eigenvalue weighted by Gasteiger charge is -2.24. The van der Waals surface area contributed by atoms with Gasteiger partial charge in [-0.3, -0.25) is 0 Å². The summed E-state index contributed by atoms with van der Waals surface area (Å²) in [6.45, 7) is 3.60. The van der Waals surface area contributed by atoms with Gasteiger partial charge in [-0.1, -0.05) is 0 Å². The summed E-state index contributed by atoms with van der Waals surface area (Å²) in [4.78, 5) is 2.57. The van der Waals surface area contributed by atoms with Crippen LogP contribution in [0.15, 0.2) is 0 Å². The van der Waals surface area contributed by atoms with E-state index in [-0.39, 0.29) is 0 Å². The average Bonchev–Trinajstić information content (AvgIpc) is 3.04. The van der Waals surface area contributed by atoms with E-state index in [2.05, 4.69) is 24.2 Å². The van der Waals surface area contributed by atoms with Gasteiger partial charge >= 0.3 is 0 Å². The molecule has 82 valence electrons. The summed E-state index contributed by atoms with van der Waals surface area (Å²) < 4.78 is 0. The highest BCUT2D eigenvalue weighted by atomic mass is 15.2. The van der Waals surface area contributed by atoms with Gasteiger partial charge in [-0.05, 0) is 59.0 Å². The standard InChI is InChI=1S/C12H24N2/c1-10(14(2)12-7-8-12)4-3-9-13-11-5-6-11/h10-13H,3-9H2,1-2H3. The van der Waals surface area contributed by atoms with E-state index in [9.17, 15) is 0 Å². The molecule has 2 fully saturated rings. The van der Waals surface area contributed by atoms with Crippen LogP contribution in [0.2, 0.25) is 0 Å². The third-order valence-electron chi connectivity index (χ3n) is 3.63. The van der Waals surface area contributed by atoms with Crippen molar-refractivity contribution in [2.24, 2.45) is 0 Å². The molecule has 0 aliphatic heterocycles. The summed E-state index contributed by atoms with van der Waals surface area (Å²) in [7, 11) is 2.29. The molecule has 0 aromatic carbocycles. The van der Waals surface area contributed by atoms with Crippen molar-refractivity contribution in [3.63, 3.8) is 0 Å². The lowest BCUT2D eigenvalue weighted by molar-refractivity contribution is 0.233. The van der Waals surface area contributed by atoms with Gasteiger partial charge in [-0.25, -0.2) is 0 Å². The van der Waals surface area contributed by atoms with Gasteiger partial charge in [0.05, 0.1) is 0 Å². The Morgan fingerprint density at radius 1 is 1.29 bits per heavy atom. The van der Waals surface area contributed by atoms with E-state index in [1.165, 1.54) is 45.1 Å². The largest absolute Gasteiger partial charge is 0.314 e. The molecule has 14 heavy (non-hydrogen) atoms. The topological polar surface area (TPSA) is 15.3 Å². The monoisotopic (exact) mass is 196 g/mol. The molecule has 0 spiro atoms. The number of nitrogens with zero attached hydrogens (tertiary/aromatic N) is 1. The summed E-state index contributed by atoms with van der Waals surface area (Å²) in [5.41, 5.74) is 0. The molecule has 1 unspecified atom stereocenters. The van der Waals surface area contributed by atoms with Crippen molar-refractivity contribution in [1.82, 2.24) is 10.2 Å². The van der Waals surface area contributed by atoms with E-state index in [1.807, 2.05) is 0 Å². The van der Waals surface area contributed by atoms with E-state index in [4.69, 9.17) is 0 Å². The second-order valence-corrected chi connectivity index (χ2v) is 5.12. The van der Waals surface area contributed by atoms with Gasteiger partial charge in [0.15, 0.2) is 0 Å². The average molecular weight is 196 g/mol. The third-order valence-corrected chi connectivity index (χ3v) is 3.63. The molecule has 1 atom stereocenters. The second kappa shape index (κ2) is 4.63. The summed E-state index contributed by atoms with van der Waals surface area (Å²) in [6, 6.07) is 2.58. The molecule has 0 bridgehead atoms. The van der Waals surface area contributed by atoms with Gasteiger partial charge in [0.1, 0.15) is 0 Å². The van der Waals surface area contributed by atoms with Crippen LogP contribution in [0, 0.1) is 0 Å². The fraction of sp³-hybridized carbons (Fsp3) is 1.00. The predicted molar refractivity (Wildman–Crippen MR) is 60.5 cm³/mol. The van der Waals surface area contributed by atoms with Gasteiger partial charge in [-0.15, -0.1) is 0 Å². The summed E-state index contributed by atoms with van der Waals surface area (Å²) in [5.74, 6) is 0. The lowest BCUT2D eigenvalue weighted by atomic mass is 10.1. The maximum Gasteiger partial charge on any atom is 0.00961 e. The van der Waals surface area contributed by atoms with Crippen LogP contribution in [-0.4, -0.2) is 36.6 Å². The van der Waals surface area contributed by atoms with Crippen LogP contribution in [-0.2, 0) is 0 Å². The van der Waals surface area contributed by atoms with Crippen LogP contribution in [0.25, 0.3) is 0 Å². The lowest BCUT2D eigenvalue weighted by Crippen LogP contribution is -2.31. The zero-order valence-corrected chi connectivity index (χ0v) is 9.63. The van der Waals surface area contributed by atoms with Crippen molar-refractivity contribution in [2.45, 2.75) is 63.6 Å². The summed E-state index contributed by atoms with van der Waals surface area (Å²) >= 11 is 0. The molecule has 0 amide bonds. The first kappa shape index (κ1) is 10.4. The van der Waals surface area contributed by atoms with E-state index in [0.717, 1.165) is 18.1 Å². The molecule has 1 N–H and O–H groups in total. The Balaban J connectivity index is 1.49. The van der Waals surface area contributed by atoms with Gasteiger partial charge < -0.3 is 10.2 Å². The Morgan fingerprint density at radius 2 is 2.00 bits per heavy atom. The molecule has 2 saturated carbocycles. The van der Waals surface area contributed by atoms with Crippen molar-refractivity contribution in [3.05, 3.63) is 0 Å². The maximum absolute atomic E-state index is 3.58. The van der Waals surface area contributed by atoms with Gasteiger partial charge in [0, 0.05) is 18.1 Å². The van der Waals surface area contributed by atoms with Gasteiger partial charge in [0.2, 0.25) is 0 Å². The van der Waals surface area contributed by atoms with Crippen LogP contribution in [0.4, 0.5) is 0 Å². The van der Waals surface area contributed by atoms with E-state index >= 15 is 0 Å². The van der Waals surface area contributed by atoms with Crippen molar-refractivity contribution in [2.75, 3.05) is 13.6 Å². The minimum atomic E-state index is 0.781. The molecule has 0 aromatic heterocycles. The minimum Gasteiger partial charge on any atom is -0.314 e. The summed E-state index contributed by atoms with van der Waals surface area (Å²) in [6.07, 6.45) is 8.39. The molecule has 2 aliphatic rings. The maximum atomic E-state index is 3.58. The van der Waals surface area contributed by atoms with Crippen LogP contribution in [0.3, 0.4) is 0 Å².